The minimum atomic E-state index is -0.957. The van der Waals surface area contributed by atoms with Gasteiger partial charge in [0.25, 0.3) is 0 Å². The van der Waals surface area contributed by atoms with Crippen LogP contribution in [0, 0.1) is 6.92 Å². The van der Waals surface area contributed by atoms with Gasteiger partial charge in [-0.25, -0.2) is 4.79 Å². The van der Waals surface area contributed by atoms with Gasteiger partial charge in [0.05, 0.1) is 5.56 Å². The number of hydrogen-bond donors (Lipinski definition) is 1. The molecule has 0 spiro atoms. The van der Waals surface area contributed by atoms with Crippen molar-refractivity contribution in [2.75, 3.05) is 0 Å². The highest BCUT2D eigenvalue weighted by Crippen LogP contribution is 2.24. The first-order valence-corrected chi connectivity index (χ1v) is 4.38. The molecular formula is C8H6BrClO2. The largest absolute Gasteiger partial charge is 0.478 e. The van der Waals surface area contributed by atoms with Gasteiger partial charge in [-0.15, -0.1) is 0 Å². The lowest BCUT2D eigenvalue weighted by Crippen LogP contribution is -1.98. The Morgan fingerprint density at radius 3 is 2.67 bits per heavy atom. The zero-order valence-electron chi connectivity index (χ0n) is 6.27. The average Bonchev–Trinajstić information content (AvgIpc) is 1.96. The Labute approximate surface area is 83.3 Å². The molecule has 0 aliphatic carbocycles. The number of rotatable bonds is 1. The molecular weight excluding hydrogens is 243 g/mol. The lowest BCUT2D eigenvalue weighted by Gasteiger charge is -2.02. The summed E-state index contributed by atoms with van der Waals surface area (Å²) in [5, 5.41) is 9.27. The normalized spacial score (nSPS) is 9.92. The van der Waals surface area contributed by atoms with Crippen molar-refractivity contribution in [3.05, 3.63) is 32.8 Å². The van der Waals surface area contributed by atoms with E-state index in [2.05, 4.69) is 15.9 Å². The van der Waals surface area contributed by atoms with Crippen LogP contribution < -0.4 is 0 Å². The third-order valence-corrected chi connectivity index (χ3v) is 2.54. The SMILES string of the molecule is Cc1cc(C(=O)O)c(Br)cc1Cl. The van der Waals surface area contributed by atoms with Crippen LogP contribution in [0.4, 0.5) is 0 Å². The molecule has 12 heavy (non-hydrogen) atoms. The zero-order valence-corrected chi connectivity index (χ0v) is 8.61. The molecule has 1 aromatic rings. The maximum absolute atomic E-state index is 10.6. The Bertz CT molecular complexity index is 336. The van der Waals surface area contributed by atoms with Crippen molar-refractivity contribution in [3.63, 3.8) is 0 Å². The lowest BCUT2D eigenvalue weighted by atomic mass is 10.1. The van der Waals surface area contributed by atoms with Crippen molar-refractivity contribution in [1.82, 2.24) is 0 Å². The fourth-order valence-corrected chi connectivity index (χ4v) is 1.63. The topological polar surface area (TPSA) is 37.3 Å². The summed E-state index contributed by atoms with van der Waals surface area (Å²) in [6.07, 6.45) is 0. The lowest BCUT2D eigenvalue weighted by molar-refractivity contribution is 0.0696. The highest BCUT2D eigenvalue weighted by Gasteiger charge is 2.09. The van der Waals surface area contributed by atoms with Crippen LogP contribution in [0.3, 0.4) is 0 Å². The summed E-state index contributed by atoms with van der Waals surface area (Å²) >= 11 is 8.88. The van der Waals surface area contributed by atoms with Gasteiger partial charge < -0.3 is 5.11 Å². The Balaban J connectivity index is 3.33. The first-order chi connectivity index (χ1) is 5.52. The number of aryl methyl sites for hydroxylation is 1. The van der Waals surface area contributed by atoms with E-state index < -0.39 is 5.97 Å². The molecule has 0 aliphatic heterocycles. The zero-order chi connectivity index (χ0) is 9.30. The van der Waals surface area contributed by atoms with Gasteiger partial charge in [0.1, 0.15) is 0 Å². The van der Waals surface area contributed by atoms with Crippen LogP contribution >= 0.6 is 27.5 Å². The molecule has 0 bridgehead atoms. The molecule has 0 fully saturated rings. The molecule has 0 atom stereocenters. The van der Waals surface area contributed by atoms with Crippen molar-refractivity contribution in [2.45, 2.75) is 6.92 Å². The van der Waals surface area contributed by atoms with Crippen LogP contribution in [-0.4, -0.2) is 11.1 Å². The molecule has 1 N–H and O–H groups in total. The Hall–Kier alpha value is -0.540. The number of halogens is 2. The van der Waals surface area contributed by atoms with Crippen LogP contribution in [0.2, 0.25) is 5.02 Å². The number of carbonyl (C=O) groups is 1. The fraction of sp³-hybridized carbons (Fsp3) is 0.125. The summed E-state index contributed by atoms with van der Waals surface area (Å²) in [6, 6.07) is 3.12. The maximum Gasteiger partial charge on any atom is 0.336 e. The molecule has 1 rings (SSSR count). The molecule has 0 amide bonds. The second-order valence-electron chi connectivity index (χ2n) is 2.39. The van der Waals surface area contributed by atoms with E-state index in [4.69, 9.17) is 16.7 Å². The first-order valence-electron chi connectivity index (χ1n) is 3.21. The van der Waals surface area contributed by atoms with Gasteiger partial charge >= 0.3 is 5.97 Å². The number of benzene rings is 1. The monoisotopic (exact) mass is 248 g/mol. The summed E-state index contributed by atoms with van der Waals surface area (Å²) in [5.74, 6) is -0.957. The van der Waals surface area contributed by atoms with Crippen LogP contribution in [0.5, 0.6) is 0 Å². The van der Waals surface area contributed by atoms with E-state index in [0.29, 0.717) is 9.50 Å². The van der Waals surface area contributed by atoms with Crippen molar-refractivity contribution >= 4 is 33.5 Å². The summed E-state index contributed by atoms with van der Waals surface area (Å²) in [7, 11) is 0. The molecule has 0 aliphatic rings. The quantitative estimate of drug-likeness (QED) is 0.830. The van der Waals surface area contributed by atoms with Gasteiger partial charge in [-0.2, -0.15) is 0 Å². The summed E-state index contributed by atoms with van der Waals surface area (Å²) in [6.45, 7) is 1.77. The fourth-order valence-electron chi connectivity index (χ4n) is 0.821. The van der Waals surface area contributed by atoms with Gasteiger partial charge in [0.2, 0.25) is 0 Å². The van der Waals surface area contributed by atoms with Crippen molar-refractivity contribution in [3.8, 4) is 0 Å². The van der Waals surface area contributed by atoms with Gasteiger partial charge in [-0.1, -0.05) is 11.6 Å². The second-order valence-corrected chi connectivity index (χ2v) is 3.65. The third-order valence-electron chi connectivity index (χ3n) is 1.48. The smallest absolute Gasteiger partial charge is 0.336 e. The third kappa shape index (κ3) is 1.79. The van der Waals surface area contributed by atoms with Gasteiger partial charge in [-0.3, -0.25) is 0 Å². The van der Waals surface area contributed by atoms with E-state index >= 15 is 0 Å². The molecule has 1 aromatic carbocycles. The number of carboxylic acids is 1. The molecule has 0 heterocycles. The predicted octanol–water partition coefficient (Wildman–Crippen LogP) is 3.11. The number of aromatic carboxylic acids is 1. The van der Waals surface area contributed by atoms with E-state index in [1.807, 2.05) is 0 Å². The maximum atomic E-state index is 10.6. The molecule has 0 aromatic heterocycles. The highest BCUT2D eigenvalue weighted by atomic mass is 79.9. The average molecular weight is 249 g/mol. The minimum absolute atomic E-state index is 0.233. The van der Waals surface area contributed by atoms with E-state index in [1.165, 1.54) is 6.07 Å². The van der Waals surface area contributed by atoms with E-state index in [-0.39, 0.29) is 5.56 Å². The molecule has 4 heteroatoms. The van der Waals surface area contributed by atoms with Crippen LogP contribution in [0.1, 0.15) is 15.9 Å². The molecule has 2 nitrogen and oxygen atoms in total. The molecule has 0 radical (unpaired) electrons. The Kier molecular flexibility index (Phi) is 2.75. The van der Waals surface area contributed by atoms with Crippen LogP contribution in [0.15, 0.2) is 16.6 Å². The molecule has 64 valence electrons. The van der Waals surface area contributed by atoms with Crippen molar-refractivity contribution in [1.29, 1.82) is 0 Å². The van der Waals surface area contributed by atoms with Gasteiger partial charge in [0, 0.05) is 9.50 Å². The molecule has 0 unspecified atom stereocenters. The Morgan fingerprint density at radius 2 is 2.17 bits per heavy atom. The van der Waals surface area contributed by atoms with E-state index in [1.54, 1.807) is 13.0 Å². The summed E-state index contributed by atoms with van der Waals surface area (Å²) in [5.41, 5.74) is 0.995. The van der Waals surface area contributed by atoms with Gasteiger partial charge in [0.15, 0.2) is 0 Å². The summed E-state index contributed by atoms with van der Waals surface area (Å²) in [4.78, 5) is 10.6. The standard InChI is InChI=1S/C8H6BrClO2/c1-4-2-5(8(11)12)6(9)3-7(4)10/h2-3H,1H3,(H,11,12). The molecule has 0 saturated heterocycles. The summed E-state index contributed by atoms with van der Waals surface area (Å²) < 4.78 is 0.505. The van der Waals surface area contributed by atoms with E-state index in [9.17, 15) is 4.79 Å². The highest BCUT2D eigenvalue weighted by molar-refractivity contribution is 9.10. The van der Waals surface area contributed by atoms with Crippen LogP contribution in [0.25, 0.3) is 0 Å². The van der Waals surface area contributed by atoms with Crippen molar-refractivity contribution < 1.29 is 9.90 Å². The van der Waals surface area contributed by atoms with E-state index in [0.717, 1.165) is 5.56 Å². The van der Waals surface area contributed by atoms with Crippen molar-refractivity contribution in [2.24, 2.45) is 0 Å². The van der Waals surface area contributed by atoms with Gasteiger partial charge in [-0.05, 0) is 40.5 Å². The number of carboxylic acid groups (broad SMARTS) is 1. The molecule has 0 saturated carbocycles. The number of hydrogen-bond acceptors (Lipinski definition) is 1. The first kappa shape index (κ1) is 9.55. The predicted molar refractivity (Wildman–Crippen MR) is 50.8 cm³/mol. The minimum Gasteiger partial charge on any atom is -0.478 e. The second kappa shape index (κ2) is 3.46. The van der Waals surface area contributed by atoms with Crippen LogP contribution in [-0.2, 0) is 0 Å². The Morgan fingerprint density at radius 1 is 1.58 bits per heavy atom.